The van der Waals surface area contributed by atoms with E-state index in [4.69, 9.17) is 17.0 Å². The highest BCUT2D eigenvalue weighted by atomic mass is 32.1. The van der Waals surface area contributed by atoms with E-state index in [-0.39, 0.29) is 5.82 Å². The maximum absolute atomic E-state index is 13.1. The van der Waals surface area contributed by atoms with E-state index in [0.717, 1.165) is 16.9 Å². The van der Waals surface area contributed by atoms with Crippen LogP contribution in [0.15, 0.2) is 53.6 Å². The van der Waals surface area contributed by atoms with Crippen LogP contribution in [0, 0.1) is 16.5 Å². The number of nitrogens with zero attached hydrogens (tertiary/aromatic N) is 3. The standard InChI is InChI=1S/C20H21FN4OS/c1-14(2)13-26-18-5-3-4-16(10-18)12-22-25-19(23-24-20(25)27)11-15-6-8-17(21)9-7-15/h3-10,12,14H,11,13H2,1-2H3,(H,24,27)/b22-12-. The molecule has 0 aliphatic heterocycles. The molecule has 1 heterocycles. The lowest BCUT2D eigenvalue weighted by molar-refractivity contribution is 0.271. The van der Waals surface area contributed by atoms with Crippen LogP contribution in [0.1, 0.15) is 30.8 Å². The van der Waals surface area contributed by atoms with Crippen LogP contribution < -0.4 is 4.74 Å². The number of hydrogen-bond acceptors (Lipinski definition) is 4. The Morgan fingerprint density at radius 1 is 1.26 bits per heavy atom. The van der Waals surface area contributed by atoms with Crippen LogP contribution in [0.5, 0.6) is 5.75 Å². The molecule has 1 aromatic heterocycles. The number of H-pyrrole nitrogens is 1. The Bertz CT molecular complexity index is 976. The van der Waals surface area contributed by atoms with Crippen molar-refractivity contribution >= 4 is 18.4 Å². The average molecular weight is 384 g/mol. The number of hydrogen-bond donors (Lipinski definition) is 1. The van der Waals surface area contributed by atoms with Crippen molar-refractivity contribution in [1.29, 1.82) is 0 Å². The molecular weight excluding hydrogens is 363 g/mol. The van der Waals surface area contributed by atoms with Gasteiger partial charge in [0.2, 0.25) is 4.77 Å². The molecule has 27 heavy (non-hydrogen) atoms. The lowest BCUT2D eigenvalue weighted by Crippen LogP contribution is -2.04. The molecule has 0 spiro atoms. The number of nitrogens with one attached hydrogen (secondary N) is 1. The van der Waals surface area contributed by atoms with E-state index in [1.54, 1.807) is 23.0 Å². The quantitative estimate of drug-likeness (QED) is 0.479. The normalized spacial score (nSPS) is 11.4. The fraction of sp³-hybridized carbons (Fsp3) is 0.250. The summed E-state index contributed by atoms with van der Waals surface area (Å²) in [6.45, 7) is 4.87. The summed E-state index contributed by atoms with van der Waals surface area (Å²) in [5.41, 5.74) is 1.82. The maximum atomic E-state index is 13.1. The van der Waals surface area contributed by atoms with E-state index in [0.29, 0.717) is 29.5 Å². The predicted octanol–water partition coefficient (Wildman–Crippen LogP) is 4.59. The third-order valence-electron chi connectivity index (χ3n) is 3.76. The van der Waals surface area contributed by atoms with Gasteiger partial charge in [0.15, 0.2) is 5.82 Å². The number of halogens is 1. The third-order valence-corrected chi connectivity index (χ3v) is 4.02. The van der Waals surface area contributed by atoms with E-state index >= 15 is 0 Å². The Kier molecular flexibility index (Phi) is 6.13. The lowest BCUT2D eigenvalue weighted by atomic mass is 10.1. The van der Waals surface area contributed by atoms with Gasteiger partial charge >= 0.3 is 0 Å². The topological polar surface area (TPSA) is 55.2 Å². The smallest absolute Gasteiger partial charge is 0.216 e. The first-order valence-electron chi connectivity index (χ1n) is 8.69. The van der Waals surface area contributed by atoms with Crippen LogP contribution in [-0.4, -0.2) is 27.7 Å². The van der Waals surface area contributed by atoms with Crippen molar-refractivity contribution in [2.75, 3.05) is 6.61 Å². The van der Waals surface area contributed by atoms with Crippen LogP contribution >= 0.6 is 12.2 Å². The van der Waals surface area contributed by atoms with Crippen LogP contribution in [-0.2, 0) is 6.42 Å². The molecule has 0 fully saturated rings. The second kappa shape index (κ2) is 8.73. The molecule has 1 N–H and O–H groups in total. The molecular formula is C20H21FN4OS. The van der Waals surface area contributed by atoms with Crippen molar-refractivity contribution < 1.29 is 9.13 Å². The number of aromatic amines is 1. The Morgan fingerprint density at radius 2 is 2.04 bits per heavy atom. The molecule has 0 bridgehead atoms. The van der Waals surface area contributed by atoms with Crippen LogP contribution in [0.3, 0.4) is 0 Å². The summed E-state index contributed by atoms with van der Waals surface area (Å²) < 4.78 is 20.8. The van der Waals surface area contributed by atoms with Crippen molar-refractivity contribution in [2.24, 2.45) is 11.0 Å². The summed E-state index contributed by atoms with van der Waals surface area (Å²) in [4.78, 5) is 0. The fourth-order valence-corrected chi connectivity index (χ4v) is 2.61. The molecule has 7 heteroatoms. The minimum atomic E-state index is -0.268. The number of aromatic nitrogens is 3. The summed E-state index contributed by atoms with van der Waals surface area (Å²) >= 11 is 5.27. The van der Waals surface area contributed by atoms with Gasteiger partial charge in [-0.1, -0.05) is 38.1 Å². The van der Waals surface area contributed by atoms with Gasteiger partial charge in [0.25, 0.3) is 0 Å². The average Bonchev–Trinajstić information content (AvgIpc) is 3.00. The minimum absolute atomic E-state index is 0.268. The monoisotopic (exact) mass is 384 g/mol. The molecule has 3 aromatic rings. The predicted molar refractivity (Wildman–Crippen MR) is 106 cm³/mol. The summed E-state index contributed by atoms with van der Waals surface area (Å²) in [5.74, 6) is 1.64. The van der Waals surface area contributed by atoms with E-state index in [2.05, 4.69) is 29.1 Å². The van der Waals surface area contributed by atoms with Crippen molar-refractivity contribution in [3.8, 4) is 5.75 Å². The van der Waals surface area contributed by atoms with Gasteiger partial charge in [-0.2, -0.15) is 14.9 Å². The number of benzene rings is 2. The van der Waals surface area contributed by atoms with Gasteiger partial charge < -0.3 is 4.74 Å². The molecule has 0 saturated carbocycles. The molecule has 0 aliphatic rings. The van der Waals surface area contributed by atoms with E-state index < -0.39 is 0 Å². The zero-order valence-electron chi connectivity index (χ0n) is 15.2. The number of rotatable bonds is 7. The van der Waals surface area contributed by atoms with Crippen molar-refractivity contribution in [2.45, 2.75) is 20.3 Å². The molecule has 0 atom stereocenters. The maximum Gasteiger partial charge on any atom is 0.216 e. The van der Waals surface area contributed by atoms with Crippen LogP contribution in [0.4, 0.5) is 4.39 Å². The zero-order valence-corrected chi connectivity index (χ0v) is 16.0. The van der Waals surface area contributed by atoms with E-state index in [9.17, 15) is 4.39 Å². The highest BCUT2D eigenvalue weighted by Crippen LogP contribution is 2.14. The van der Waals surface area contributed by atoms with Gasteiger partial charge in [0.1, 0.15) is 11.6 Å². The third kappa shape index (κ3) is 5.34. The molecule has 0 aliphatic carbocycles. The molecule has 3 rings (SSSR count). The van der Waals surface area contributed by atoms with E-state index in [1.807, 2.05) is 24.3 Å². The van der Waals surface area contributed by atoms with E-state index in [1.165, 1.54) is 12.1 Å². The lowest BCUT2D eigenvalue weighted by Gasteiger charge is -2.08. The fourth-order valence-electron chi connectivity index (χ4n) is 2.41. The van der Waals surface area contributed by atoms with Gasteiger partial charge in [0.05, 0.1) is 12.8 Å². The van der Waals surface area contributed by atoms with Crippen molar-refractivity contribution in [3.05, 3.63) is 76.1 Å². The minimum Gasteiger partial charge on any atom is -0.493 e. The SMILES string of the molecule is CC(C)COc1cccc(/C=N\n2c(Cc3ccc(F)cc3)n[nH]c2=S)c1. The first-order valence-corrected chi connectivity index (χ1v) is 9.10. The van der Waals surface area contributed by atoms with Gasteiger partial charge in [-0.3, -0.25) is 5.10 Å². The molecule has 0 unspecified atom stereocenters. The van der Waals surface area contributed by atoms with Gasteiger partial charge in [0, 0.05) is 6.42 Å². The van der Waals surface area contributed by atoms with Crippen molar-refractivity contribution in [1.82, 2.24) is 14.9 Å². The Labute approximate surface area is 162 Å². The zero-order chi connectivity index (χ0) is 19.2. The Balaban J connectivity index is 1.77. The van der Waals surface area contributed by atoms with Gasteiger partial charge in [-0.15, -0.1) is 0 Å². The summed E-state index contributed by atoms with van der Waals surface area (Å²) in [6.07, 6.45) is 2.20. The highest BCUT2D eigenvalue weighted by molar-refractivity contribution is 7.71. The van der Waals surface area contributed by atoms with Crippen molar-refractivity contribution in [3.63, 3.8) is 0 Å². The molecule has 2 aromatic carbocycles. The number of ether oxygens (including phenoxy) is 1. The summed E-state index contributed by atoms with van der Waals surface area (Å²) in [5, 5.41) is 11.4. The molecule has 0 amide bonds. The first-order chi connectivity index (χ1) is 13.0. The molecule has 0 radical (unpaired) electrons. The highest BCUT2D eigenvalue weighted by Gasteiger charge is 2.07. The molecule has 0 saturated heterocycles. The molecule has 140 valence electrons. The molecule has 5 nitrogen and oxygen atoms in total. The van der Waals surface area contributed by atoms with Crippen LogP contribution in [0.25, 0.3) is 0 Å². The largest absolute Gasteiger partial charge is 0.493 e. The van der Waals surface area contributed by atoms with Gasteiger partial charge in [-0.25, -0.2) is 4.39 Å². The second-order valence-electron chi connectivity index (χ2n) is 6.58. The van der Waals surface area contributed by atoms with Gasteiger partial charge in [-0.05, 0) is 53.5 Å². The van der Waals surface area contributed by atoms with Crippen LogP contribution in [0.2, 0.25) is 0 Å². The first kappa shape index (κ1) is 19.0. The second-order valence-corrected chi connectivity index (χ2v) is 6.97. The Hall–Kier alpha value is -2.80. The Morgan fingerprint density at radius 3 is 2.78 bits per heavy atom. The summed E-state index contributed by atoms with van der Waals surface area (Å²) in [6, 6.07) is 14.0. The summed E-state index contributed by atoms with van der Waals surface area (Å²) in [7, 11) is 0.